The fourth-order valence-electron chi connectivity index (χ4n) is 1.13. The highest BCUT2D eigenvalue weighted by atomic mass is 79.9. The summed E-state index contributed by atoms with van der Waals surface area (Å²) in [6.45, 7) is 4.39. The van der Waals surface area contributed by atoms with Gasteiger partial charge < -0.3 is 4.74 Å². The van der Waals surface area contributed by atoms with E-state index in [0.29, 0.717) is 18.4 Å². The fourth-order valence-corrected chi connectivity index (χ4v) is 3.58. The van der Waals surface area contributed by atoms with E-state index in [4.69, 9.17) is 4.74 Å². The van der Waals surface area contributed by atoms with Crippen molar-refractivity contribution in [3.63, 3.8) is 0 Å². The monoisotopic (exact) mass is 286 g/mol. The van der Waals surface area contributed by atoms with E-state index in [1.54, 1.807) is 7.11 Å². The molecule has 0 saturated carbocycles. The summed E-state index contributed by atoms with van der Waals surface area (Å²) in [4.78, 5) is 0. The lowest BCUT2D eigenvalue weighted by atomic mass is 10.0. The molecule has 0 aliphatic carbocycles. The topological polar surface area (TPSA) is 43.4 Å². The zero-order valence-electron chi connectivity index (χ0n) is 9.05. The minimum absolute atomic E-state index is 0.189. The maximum absolute atomic E-state index is 11.6. The van der Waals surface area contributed by atoms with Gasteiger partial charge in [-0.3, -0.25) is 0 Å². The third-order valence-electron chi connectivity index (χ3n) is 1.78. The zero-order chi connectivity index (χ0) is 11.2. The van der Waals surface area contributed by atoms with Crippen molar-refractivity contribution >= 4 is 25.8 Å². The van der Waals surface area contributed by atoms with Gasteiger partial charge in [0.2, 0.25) is 0 Å². The van der Waals surface area contributed by atoms with Crippen molar-refractivity contribution in [2.24, 2.45) is 5.41 Å². The Kier molecular flexibility index (Phi) is 6.25. The first-order valence-electron chi connectivity index (χ1n) is 4.58. The van der Waals surface area contributed by atoms with E-state index in [0.717, 1.165) is 0 Å². The quantitative estimate of drug-likeness (QED) is 0.530. The van der Waals surface area contributed by atoms with Gasteiger partial charge in [0.25, 0.3) is 0 Å². The number of hydrogen-bond donors (Lipinski definition) is 0. The largest absolute Gasteiger partial charge is 0.385 e. The molecule has 0 fully saturated rings. The first-order valence-corrected chi connectivity index (χ1v) is 7.52. The molecule has 0 saturated heterocycles. The van der Waals surface area contributed by atoms with Crippen molar-refractivity contribution in [3.8, 4) is 0 Å². The van der Waals surface area contributed by atoms with Gasteiger partial charge in [0.15, 0.2) is 9.84 Å². The molecule has 0 heterocycles. The Morgan fingerprint density at radius 1 is 1.36 bits per heavy atom. The minimum atomic E-state index is -2.93. The van der Waals surface area contributed by atoms with Crippen LogP contribution in [-0.2, 0) is 14.6 Å². The highest BCUT2D eigenvalue weighted by Gasteiger charge is 2.24. The first-order chi connectivity index (χ1) is 6.33. The van der Waals surface area contributed by atoms with Crippen molar-refractivity contribution < 1.29 is 13.2 Å². The van der Waals surface area contributed by atoms with Crippen LogP contribution in [-0.4, -0.2) is 39.0 Å². The number of rotatable bonds is 7. The van der Waals surface area contributed by atoms with Gasteiger partial charge in [0.1, 0.15) is 0 Å². The SMILES string of the molecule is COCCCS(=O)(=O)CC(C)(C)CBr. The number of hydrogen-bond acceptors (Lipinski definition) is 3. The number of sulfone groups is 1. The van der Waals surface area contributed by atoms with Gasteiger partial charge in [-0.2, -0.15) is 0 Å². The molecule has 14 heavy (non-hydrogen) atoms. The van der Waals surface area contributed by atoms with E-state index in [1.807, 2.05) is 13.8 Å². The third-order valence-corrected chi connectivity index (χ3v) is 5.43. The Labute approximate surface area is 95.3 Å². The molecule has 0 spiro atoms. The molecule has 86 valence electrons. The number of ether oxygens (including phenoxy) is 1. The van der Waals surface area contributed by atoms with Crippen LogP contribution >= 0.6 is 15.9 Å². The summed E-state index contributed by atoms with van der Waals surface area (Å²) < 4.78 is 28.0. The molecule has 0 aromatic carbocycles. The van der Waals surface area contributed by atoms with E-state index in [1.165, 1.54) is 0 Å². The van der Waals surface area contributed by atoms with Gasteiger partial charge in [-0.25, -0.2) is 8.42 Å². The summed E-state index contributed by atoms with van der Waals surface area (Å²) in [7, 11) is -1.36. The summed E-state index contributed by atoms with van der Waals surface area (Å²) >= 11 is 3.32. The zero-order valence-corrected chi connectivity index (χ0v) is 11.4. The molecule has 0 atom stereocenters. The molecule has 0 radical (unpaired) electrons. The molecule has 0 N–H and O–H groups in total. The van der Waals surface area contributed by atoms with E-state index >= 15 is 0 Å². The lowest BCUT2D eigenvalue weighted by Crippen LogP contribution is -2.27. The molecular formula is C9H19BrO3S. The van der Waals surface area contributed by atoms with Crippen LogP contribution < -0.4 is 0 Å². The molecule has 3 nitrogen and oxygen atoms in total. The standard InChI is InChI=1S/C9H19BrO3S/c1-9(2,7-10)8-14(11,12)6-4-5-13-3/h4-8H2,1-3H3. The Bertz CT molecular complexity index is 247. The minimum Gasteiger partial charge on any atom is -0.385 e. The van der Waals surface area contributed by atoms with Gasteiger partial charge in [-0.1, -0.05) is 29.8 Å². The van der Waals surface area contributed by atoms with Crippen LogP contribution in [0.25, 0.3) is 0 Å². The van der Waals surface area contributed by atoms with Crippen molar-refractivity contribution in [2.45, 2.75) is 20.3 Å². The van der Waals surface area contributed by atoms with Crippen molar-refractivity contribution in [1.82, 2.24) is 0 Å². The molecule has 0 aliphatic rings. The number of halogens is 1. The number of alkyl halides is 1. The maximum Gasteiger partial charge on any atom is 0.150 e. The summed E-state index contributed by atoms with van der Waals surface area (Å²) in [6, 6.07) is 0. The summed E-state index contributed by atoms with van der Waals surface area (Å²) in [5, 5.41) is 0.698. The predicted octanol–water partition coefficient (Wildman–Crippen LogP) is 1.86. The molecule has 0 bridgehead atoms. The van der Waals surface area contributed by atoms with Crippen LogP contribution in [0.5, 0.6) is 0 Å². The Hall–Kier alpha value is 0.390. The molecule has 0 rings (SSSR count). The molecule has 0 unspecified atom stereocenters. The van der Waals surface area contributed by atoms with Gasteiger partial charge >= 0.3 is 0 Å². The van der Waals surface area contributed by atoms with Gasteiger partial charge in [-0.05, 0) is 11.8 Å². The Morgan fingerprint density at radius 3 is 2.36 bits per heavy atom. The molecule has 0 amide bonds. The summed E-state index contributed by atoms with van der Waals surface area (Å²) in [5.74, 6) is 0.451. The summed E-state index contributed by atoms with van der Waals surface area (Å²) in [6.07, 6.45) is 0.581. The molecular weight excluding hydrogens is 268 g/mol. The highest BCUT2D eigenvalue weighted by molar-refractivity contribution is 9.09. The molecule has 0 aromatic rings. The van der Waals surface area contributed by atoms with E-state index < -0.39 is 9.84 Å². The second kappa shape index (κ2) is 6.08. The van der Waals surface area contributed by atoms with Crippen LogP contribution in [0.3, 0.4) is 0 Å². The smallest absolute Gasteiger partial charge is 0.150 e. The number of methoxy groups -OCH3 is 1. The maximum atomic E-state index is 11.6. The Balaban J connectivity index is 4.08. The third kappa shape index (κ3) is 6.79. The van der Waals surface area contributed by atoms with E-state index in [-0.39, 0.29) is 16.9 Å². The second-order valence-electron chi connectivity index (χ2n) is 4.24. The van der Waals surface area contributed by atoms with E-state index in [2.05, 4.69) is 15.9 Å². The fraction of sp³-hybridized carbons (Fsp3) is 1.00. The average Bonchev–Trinajstić information content (AvgIpc) is 2.03. The van der Waals surface area contributed by atoms with Crippen LogP contribution in [0.2, 0.25) is 0 Å². The Morgan fingerprint density at radius 2 is 1.93 bits per heavy atom. The van der Waals surface area contributed by atoms with Crippen LogP contribution in [0.4, 0.5) is 0 Å². The van der Waals surface area contributed by atoms with Crippen molar-refractivity contribution in [2.75, 3.05) is 30.6 Å². The van der Waals surface area contributed by atoms with Crippen LogP contribution in [0, 0.1) is 5.41 Å². The van der Waals surface area contributed by atoms with Gasteiger partial charge in [0, 0.05) is 19.0 Å². The van der Waals surface area contributed by atoms with Gasteiger partial charge in [0.05, 0.1) is 11.5 Å². The van der Waals surface area contributed by atoms with Crippen molar-refractivity contribution in [3.05, 3.63) is 0 Å². The van der Waals surface area contributed by atoms with Gasteiger partial charge in [-0.15, -0.1) is 0 Å². The normalized spacial score (nSPS) is 13.1. The summed E-state index contributed by atoms with van der Waals surface area (Å²) in [5.41, 5.74) is -0.189. The predicted molar refractivity (Wildman–Crippen MR) is 62.7 cm³/mol. The first kappa shape index (κ1) is 14.4. The average molecular weight is 287 g/mol. The van der Waals surface area contributed by atoms with Crippen LogP contribution in [0.15, 0.2) is 0 Å². The van der Waals surface area contributed by atoms with Crippen LogP contribution in [0.1, 0.15) is 20.3 Å². The lowest BCUT2D eigenvalue weighted by molar-refractivity contribution is 0.199. The molecule has 5 heteroatoms. The van der Waals surface area contributed by atoms with Crippen molar-refractivity contribution in [1.29, 1.82) is 0 Å². The molecule has 0 aliphatic heterocycles. The molecule has 0 aromatic heterocycles. The highest BCUT2D eigenvalue weighted by Crippen LogP contribution is 2.21. The second-order valence-corrected chi connectivity index (χ2v) is 6.98. The van der Waals surface area contributed by atoms with E-state index in [9.17, 15) is 8.42 Å². The lowest BCUT2D eigenvalue weighted by Gasteiger charge is -2.20.